The van der Waals surface area contributed by atoms with Crippen LogP contribution in [0, 0.1) is 0 Å². The summed E-state index contributed by atoms with van der Waals surface area (Å²) in [5, 5.41) is 0. The Labute approximate surface area is 92.0 Å². The lowest BCUT2D eigenvalue weighted by Crippen LogP contribution is -2.18. The van der Waals surface area contributed by atoms with Crippen molar-refractivity contribution < 1.29 is 9.53 Å². The highest BCUT2D eigenvalue weighted by Crippen LogP contribution is 2.14. The fourth-order valence-electron chi connectivity index (χ4n) is 1.65. The van der Waals surface area contributed by atoms with Gasteiger partial charge < -0.3 is 4.74 Å². The molecule has 0 amide bonds. The molecule has 84 valence electrons. The Hall–Kier alpha value is -1.05. The summed E-state index contributed by atoms with van der Waals surface area (Å²) in [6.45, 7) is 4.16. The molecule has 0 heterocycles. The van der Waals surface area contributed by atoms with Gasteiger partial charge in [-0.05, 0) is 25.7 Å². The Morgan fingerprint density at radius 2 is 2.27 bits per heavy atom. The molecule has 1 aliphatic carbocycles. The summed E-state index contributed by atoms with van der Waals surface area (Å²) in [6.07, 6.45) is 10.8. The minimum Gasteiger partial charge on any atom is -0.459 e. The number of allylic oxidation sites excluding steroid dienone is 2. The highest BCUT2D eigenvalue weighted by molar-refractivity contribution is 5.91. The van der Waals surface area contributed by atoms with Gasteiger partial charge >= 0.3 is 5.97 Å². The van der Waals surface area contributed by atoms with Gasteiger partial charge in [0.25, 0.3) is 0 Å². The van der Waals surface area contributed by atoms with Crippen LogP contribution >= 0.6 is 0 Å². The maximum Gasteiger partial charge on any atom is 0.338 e. The molecule has 1 rings (SSSR count). The normalized spacial score (nSPS) is 17.1. The van der Waals surface area contributed by atoms with Gasteiger partial charge in [0.2, 0.25) is 0 Å². The van der Waals surface area contributed by atoms with E-state index in [4.69, 9.17) is 4.74 Å². The van der Waals surface area contributed by atoms with Crippen LogP contribution in [0.1, 0.15) is 46.0 Å². The van der Waals surface area contributed by atoms with Crippen LogP contribution in [0.15, 0.2) is 23.8 Å². The summed E-state index contributed by atoms with van der Waals surface area (Å²) < 4.78 is 5.42. The summed E-state index contributed by atoms with van der Waals surface area (Å²) in [4.78, 5) is 11.7. The van der Waals surface area contributed by atoms with Crippen LogP contribution < -0.4 is 0 Å². The number of ether oxygens (including phenoxy) is 1. The van der Waals surface area contributed by atoms with E-state index in [2.05, 4.69) is 13.8 Å². The van der Waals surface area contributed by atoms with E-state index in [1.807, 2.05) is 18.2 Å². The van der Waals surface area contributed by atoms with Gasteiger partial charge in [0.15, 0.2) is 0 Å². The number of carbonyl (C=O) groups is 1. The molecule has 0 bridgehead atoms. The van der Waals surface area contributed by atoms with Crippen LogP contribution in [0.25, 0.3) is 0 Å². The van der Waals surface area contributed by atoms with Crippen molar-refractivity contribution in [3.63, 3.8) is 0 Å². The van der Waals surface area contributed by atoms with Crippen molar-refractivity contribution in [3.8, 4) is 0 Å². The number of hydrogen-bond donors (Lipinski definition) is 0. The minimum atomic E-state index is -0.161. The maximum absolute atomic E-state index is 11.7. The van der Waals surface area contributed by atoms with Crippen molar-refractivity contribution in [1.29, 1.82) is 0 Å². The molecule has 0 saturated heterocycles. The van der Waals surface area contributed by atoms with Gasteiger partial charge in [0, 0.05) is 0 Å². The summed E-state index contributed by atoms with van der Waals surface area (Å²) >= 11 is 0. The van der Waals surface area contributed by atoms with Crippen LogP contribution in [0.3, 0.4) is 0 Å². The lowest BCUT2D eigenvalue weighted by atomic mass is 10.1. The Bertz CT molecular complexity index is 264. The first kappa shape index (κ1) is 12.0. The lowest BCUT2D eigenvalue weighted by Gasteiger charge is -2.16. The third-order valence-electron chi connectivity index (χ3n) is 2.57. The van der Waals surface area contributed by atoms with Gasteiger partial charge in [-0.15, -0.1) is 0 Å². The van der Waals surface area contributed by atoms with Crippen LogP contribution in [0.2, 0.25) is 0 Å². The first-order valence-electron chi connectivity index (χ1n) is 5.85. The molecule has 2 nitrogen and oxygen atoms in total. The van der Waals surface area contributed by atoms with Gasteiger partial charge in [0.1, 0.15) is 6.10 Å². The van der Waals surface area contributed by atoms with Crippen molar-refractivity contribution in [1.82, 2.24) is 0 Å². The third-order valence-corrected chi connectivity index (χ3v) is 2.57. The highest BCUT2D eigenvalue weighted by atomic mass is 16.5. The quantitative estimate of drug-likeness (QED) is 0.647. The largest absolute Gasteiger partial charge is 0.459 e. The molecular formula is C13H20O2. The van der Waals surface area contributed by atoms with E-state index in [9.17, 15) is 4.79 Å². The first-order valence-corrected chi connectivity index (χ1v) is 5.85. The van der Waals surface area contributed by atoms with Gasteiger partial charge in [-0.3, -0.25) is 0 Å². The zero-order valence-corrected chi connectivity index (χ0v) is 9.66. The zero-order chi connectivity index (χ0) is 11.1. The molecule has 1 aliphatic rings. The van der Waals surface area contributed by atoms with Crippen LogP contribution in [0.5, 0.6) is 0 Å². The summed E-state index contributed by atoms with van der Waals surface area (Å²) in [6, 6.07) is 0. The van der Waals surface area contributed by atoms with Gasteiger partial charge in [-0.25, -0.2) is 4.79 Å². The molecule has 1 atom stereocenters. The Kier molecular flexibility index (Phi) is 5.16. The summed E-state index contributed by atoms with van der Waals surface area (Å²) in [5.74, 6) is -0.161. The Morgan fingerprint density at radius 1 is 1.47 bits per heavy atom. The number of esters is 1. The fourth-order valence-corrected chi connectivity index (χ4v) is 1.65. The molecule has 0 saturated carbocycles. The maximum atomic E-state index is 11.7. The van der Waals surface area contributed by atoms with E-state index >= 15 is 0 Å². The SMILES string of the molecule is CCCC(CC)OC(=O)C1=CCCC=C1. The number of carbonyl (C=O) groups excluding carboxylic acids is 1. The van der Waals surface area contributed by atoms with E-state index in [-0.39, 0.29) is 12.1 Å². The van der Waals surface area contributed by atoms with E-state index in [0.717, 1.165) is 37.7 Å². The van der Waals surface area contributed by atoms with Gasteiger partial charge in [-0.1, -0.05) is 38.5 Å². The van der Waals surface area contributed by atoms with Crippen molar-refractivity contribution in [2.45, 2.75) is 52.1 Å². The van der Waals surface area contributed by atoms with Crippen molar-refractivity contribution in [3.05, 3.63) is 23.8 Å². The average molecular weight is 208 g/mol. The topological polar surface area (TPSA) is 26.3 Å². The molecular weight excluding hydrogens is 188 g/mol. The predicted octanol–water partition coefficient (Wildman–Crippen LogP) is 3.38. The molecule has 0 aromatic rings. The fraction of sp³-hybridized carbons (Fsp3) is 0.615. The van der Waals surface area contributed by atoms with Crippen LogP contribution in [0.4, 0.5) is 0 Å². The second kappa shape index (κ2) is 6.44. The third kappa shape index (κ3) is 3.90. The van der Waals surface area contributed by atoms with Gasteiger partial charge in [0.05, 0.1) is 5.57 Å². The van der Waals surface area contributed by atoms with E-state index in [1.54, 1.807) is 0 Å². The first-order chi connectivity index (χ1) is 7.27. The highest BCUT2D eigenvalue weighted by Gasteiger charge is 2.14. The van der Waals surface area contributed by atoms with Crippen LogP contribution in [-0.2, 0) is 9.53 Å². The van der Waals surface area contributed by atoms with Crippen LogP contribution in [-0.4, -0.2) is 12.1 Å². The second-order valence-corrected chi connectivity index (χ2v) is 3.86. The lowest BCUT2D eigenvalue weighted by molar-refractivity contribution is -0.144. The van der Waals surface area contributed by atoms with Crippen molar-refractivity contribution in [2.75, 3.05) is 0 Å². The van der Waals surface area contributed by atoms with E-state index in [1.165, 1.54) is 0 Å². The summed E-state index contributed by atoms with van der Waals surface area (Å²) in [5.41, 5.74) is 0.718. The molecule has 0 spiro atoms. The predicted molar refractivity (Wildman–Crippen MR) is 61.5 cm³/mol. The molecule has 1 unspecified atom stereocenters. The van der Waals surface area contributed by atoms with Crippen molar-refractivity contribution in [2.24, 2.45) is 0 Å². The number of rotatable bonds is 5. The van der Waals surface area contributed by atoms with Gasteiger partial charge in [-0.2, -0.15) is 0 Å². The smallest absolute Gasteiger partial charge is 0.338 e. The standard InChI is InChI=1S/C13H20O2/c1-3-8-12(4-2)15-13(14)11-9-6-5-7-10-11/h6,9-10,12H,3-5,7-8H2,1-2H3. The van der Waals surface area contributed by atoms with E-state index in [0.29, 0.717) is 0 Å². The molecule has 0 aliphatic heterocycles. The van der Waals surface area contributed by atoms with Crippen molar-refractivity contribution >= 4 is 5.97 Å². The second-order valence-electron chi connectivity index (χ2n) is 3.86. The summed E-state index contributed by atoms with van der Waals surface area (Å²) in [7, 11) is 0. The zero-order valence-electron chi connectivity index (χ0n) is 9.66. The molecule has 0 N–H and O–H groups in total. The molecule has 2 heteroatoms. The average Bonchev–Trinajstić information content (AvgIpc) is 2.29. The molecule has 0 radical (unpaired) electrons. The monoisotopic (exact) mass is 208 g/mol. The Balaban J connectivity index is 2.46. The molecule has 15 heavy (non-hydrogen) atoms. The Morgan fingerprint density at radius 3 is 2.80 bits per heavy atom. The van der Waals surface area contributed by atoms with E-state index < -0.39 is 0 Å². The molecule has 0 fully saturated rings. The molecule has 0 aromatic carbocycles. The minimum absolute atomic E-state index is 0.0822. The number of hydrogen-bond acceptors (Lipinski definition) is 2. The molecule has 0 aromatic heterocycles.